The second-order valence-electron chi connectivity index (χ2n) is 4.37. The van der Waals surface area contributed by atoms with E-state index in [0.717, 1.165) is 5.69 Å². The lowest BCUT2D eigenvalue weighted by Crippen LogP contribution is -2.16. The number of nitrogens with zero attached hydrogens (tertiary/aromatic N) is 1. The Kier molecular flexibility index (Phi) is 3.94. The van der Waals surface area contributed by atoms with E-state index in [9.17, 15) is 9.59 Å². The Labute approximate surface area is 124 Å². The molecule has 2 rings (SSSR count). The highest BCUT2D eigenvalue weighted by molar-refractivity contribution is 9.10. The molecule has 0 radical (unpaired) electrons. The SMILES string of the molecule is Cc1ccc(C(=O)Nc2cc(C(=O)O)ccc2Br)n1C. The first-order chi connectivity index (χ1) is 9.40. The van der Waals surface area contributed by atoms with Gasteiger partial charge in [-0.05, 0) is 53.2 Å². The van der Waals surface area contributed by atoms with Crippen LogP contribution in [0.4, 0.5) is 5.69 Å². The van der Waals surface area contributed by atoms with Crippen molar-refractivity contribution < 1.29 is 14.7 Å². The second kappa shape index (κ2) is 5.50. The van der Waals surface area contributed by atoms with E-state index in [-0.39, 0.29) is 11.5 Å². The number of carboxylic acid groups (broad SMARTS) is 1. The summed E-state index contributed by atoms with van der Waals surface area (Å²) in [5.74, 6) is -1.33. The quantitative estimate of drug-likeness (QED) is 0.904. The summed E-state index contributed by atoms with van der Waals surface area (Å²) in [7, 11) is 1.80. The molecular weight excluding hydrogens is 324 g/mol. The summed E-state index contributed by atoms with van der Waals surface area (Å²) in [5, 5.41) is 11.7. The van der Waals surface area contributed by atoms with Crippen LogP contribution in [0.3, 0.4) is 0 Å². The van der Waals surface area contributed by atoms with Gasteiger partial charge in [-0.3, -0.25) is 4.79 Å². The summed E-state index contributed by atoms with van der Waals surface area (Å²) in [6.45, 7) is 1.90. The molecule has 1 heterocycles. The fourth-order valence-corrected chi connectivity index (χ4v) is 2.13. The summed E-state index contributed by atoms with van der Waals surface area (Å²) in [6, 6.07) is 8.04. The number of rotatable bonds is 3. The number of carbonyl (C=O) groups is 2. The second-order valence-corrected chi connectivity index (χ2v) is 5.23. The Morgan fingerprint density at radius 2 is 1.95 bits per heavy atom. The molecule has 20 heavy (non-hydrogen) atoms. The number of carboxylic acids is 1. The molecule has 0 bridgehead atoms. The lowest BCUT2D eigenvalue weighted by Gasteiger charge is -2.09. The van der Waals surface area contributed by atoms with E-state index in [1.165, 1.54) is 12.1 Å². The van der Waals surface area contributed by atoms with Crippen LogP contribution in [0.1, 0.15) is 26.5 Å². The minimum Gasteiger partial charge on any atom is -0.478 e. The number of halogens is 1. The van der Waals surface area contributed by atoms with E-state index in [2.05, 4.69) is 21.2 Å². The van der Waals surface area contributed by atoms with E-state index >= 15 is 0 Å². The monoisotopic (exact) mass is 336 g/mol. The molecule has 0 fully saturated rings. The van der Waals surface area contributed by atoms with E-state index in [1.807, 2.05) is 13.0 Å². The molecule has 0 aliphatic rings. The summed E-state index contributed by atoms with van der Waals surface area (Å²) < 4.78 is 2.39. The lowest BCUT2D eigenvalue weighted by atomic mass is 10.2. The molecule has 1 aromatic heterocycles. The van der Waals surface area contributed by atoms with Crippen LogP contribution in [-0.2, 0) is 7.05 Å². The van der Waals surface area contributed by atoms with Crippen molar-refractivity contribution in [3.63, 3.8) is 0 Å². The molecule has 0 atom stereocenters. The van der Waals surface area contributed by atoms with Gasteiger partial charge < -0.3 is 15.0 Å². The summed E-state index contributed by atoms with van der Waals surface area (Å²) >= 11 is 3.29. The Balaban J connectivity index is 2.30. The average Bonchev–Trinajstić information content (AvgIpc) is 2.72. The molecule has 2 N–H and O–H groups in total. The number of amides is 1. The molecular formula is C14H13BrN2O3. The minimum atomic E-state index is -1.04. The molecule has 104 valence electrons. The standard InChI is InChI=1S/C14H13BrN2O3/c1-8-3-6-12(17(8)2)13(18)16-11-7-9(14(19)20)4-5-10(11)15/h3-7H,1-2H3,(H,16,18)(H,19,20). The van der Waals surface area contributed by atoms with Crippen LogP contribution < -0.4 is 5.32 Å². The third-order valence-electron chi connectivity index (χ3n) is 3.07. The van der Waals surface area contributed by atoms with Gasteiger partial charge in [0.15, 0.2) is 0 Å². The van der Waals surface area contributed by atoms with E-state index in [0.29, 0.717) is 15.9 Å². The van der Waals surface area contributed by atoms with Gasteiger partial charge in [0.2, 0.25) is 0 Å². The highest BCUT2D eigenvalue weighted by Crippen LogP contribution is 2.24. The van der Waals surface area contributed by atoms with Crippen LogP contribution in [0.15, 0.2) is 34.8 Å². The van der Waals surface area contributed by atoms with Crippen molar-refractivity contribution in [1.82, 2.24) is 4.57 Å². The Hall–Kier alpha value is -2.08. The Morgan fingerprint density at radius 1 is 1.25 bits per heavy atom. The van der Waals surface area contributed by atoms with Crippen LogP contribution in [0, 0.1) is 6.92 Å². The molecule has 0 spiro atoms. The van der Waals surface area contributed by atoms with Gasteiger partial charge in [0.1, 0.15) is 5.69 Å². The van der Waals surface area contributed by atoms with Crippen molar-refractivity contribution in [1.29, 1.82) is 0 Å². The molecule has 0 saturated heterocycles. The van der Waals surface area contributed by atoms with Crippen LogP contribution in [0.25, 0.3) is 0 Å². The number of hydrogen-bond donors (Lipinski definition) is 2. The van der Waals surface area contributed by atoms with Crippen molar-refractivity contribution in [2.45, 2.75) is 6.92 Å². The molecule has 0 aliphatic carbocycles. The maximum absolute atomic E-state index is 12.2. The zero-order chi connectivity index (χ0) is 14.9. The number of anilines is 1. The summed E-state index contributed by atoms with van der Waals surface area (Å²) in [6.07, 6.45) is 0. The smallest absolute Gasteiger partial charge is 0.335 e. The number of carbonyl (C=O) groups excluding carboxylic acids is 1. The summed E-state index contributed by atoms with van der Waals surface area (Å²) in [5.41, 5.74) is 2.02. The van der Waals surface area contributed by atoms with Gasteiger partial charge in [-0.1, -0.05) is 0 Å². The van der Waals surface area contributed by atoms with Crippen LogP contribution in [0.5, 0.6) is 0 Å². The highest BCUT2D eigenvalue weighted by atomic mass is 79.9. The zero-order valence-electron chi connectivity index (χ0n) is 11.0. The number of aromatic nitrogens is 1. The van der Waals surface area contributed by atoms with Gasteiger partial charge >= 0.3 is 5.97 Å². The highest BCUT2D eigenvalue weighted by Gasteiger charge is 2.14. The topological polar surface area (TPSA) is 71.3 Å². The molecule has 1 amide bonds. The van der Waals surface area contributed by atoms with Gasteiger partial charge in [-0.2, -0.15) is 0 Å². The third-order valence-corrected chi connectivity index (χ3v) is 3.76. The number of aryl methyl sites for hydroxylation is 1. The number of hydrogen-bond acceptors (Lipinski definition) is 2. The predicted molar refractivity (Wildman–Crippen MR) is 79.2 cm³/mol. The normalized spacial score (nSPS) is 10.3. The van der Waals surface area contributed by atoms with Gasteiger partial charge in [0.25, 0.3) is 5.91 Å². The molecule has 0 unspecified atom stereocenters. The number of aromatic carboxylic acids is 1. The van der Waals surface area contributed by atoms with Gasteiger partial charge in [-0.15, -0.1) is 0 Å². The third kappa shape index (κ3) is 2.75. The zero-order valence-corrected chi connectivity index (χ0v) is 12.6. The molecule has 6 heteroatoms. The average molecular weight is 337 g/mol. The first-order valence-electron chi connectivity index (χ1n) is 5.86. The maximum Gasteiger partial charge on any atom is 0.335 e. The minimum absolute atomic E-state index is 0.117. The summed E-state index contributed by atoms with van der Waals surface area (Å²) in [4.78, 5) is 23.1. The van der Waals surface area contributed by atoms with Crippen molar-refractivity contribution in [2.24, 2.45) is 7.05 Å². The van der Waals surface area contributed by atoms with E-state index in [1.54, 1.807) is 23.7 Å². The van der Waals surface area contributed by atoms with Gasteiger partial charge in [0, 0.05) is 17.2 Å². The molecule has 2 aromatic rings. The van der Waals surface area contributed by atoms with Crippen molar-refractivity contribution in [2.75, 3.05) is 5.32 Å². The number of benzene rings is 1. The lowest BCUT2D eigenvalue weighted by molar-refractivity contribution is 0.0696. The van der Waals surface area contributed by atoms with E-state index < -0.39 is 5.97 Å². The van der Waals surface area contributed by atoms with Crippen LogP contribution >= 0.6 is 15.9 Å². The first-order valence-corrected chi connectivity index (χ1v) is 6.66. The molecule has 0 aliphatic heterocycles. The van der Waals surface area contributed by atoms with Gasteiger partial charge in [-0.25, -0.2) is 4.79 Å². The Bertz CT molecular complexity index is 692. The Morgan fingerprint density at radius 3 is 2.50 bits per heavy atom. The largest absolute Gasteiger partial charge is 0.478 e. The fraction of sp³-hybridized carbons (Fsp3) is 0.143. The van der Waals surface area contributed by atoms with Crippen molar-refractivity contribution >= 4 is 33.5 Å². The first kappa shape index (κ1) is 14.3. The predicted octanol–water partition coefficient (Wildman–Crippen LogP) is 3.05. The van der Waals surface area contributed by atoms with Gasteiger partial charge in [0.05, 0.1) is 11.3 Å². The van der Waals surface area contributed by atoms with Crippen molar-refractivity contribution in [3.8, 4) is 0 Å². The van der Waals surface area contributed by atoms with Crippen molar-refractivity contribution in [3.05, 3.63) is 51.8 Å². The number of nitrogens with one attached hydrogen (secondary N) is 1. The maximum atomic E-state index is 12.2. The fourth-order valence-electron chi connectivity index (χ4n) is 1.78. The molecule has 0 saturated carbocycles. The van der Waals surface area contributed by atoms with E-state index in [4.69, 9.17) is 5.11 Å². The van der Waals surface area contributed by atoms with Crippen LogP contribution in [-0.4, -0.2) is 21.6 Å². The van der Waals surface area contributed by atoms with Crippen LogP contribution in [0.2, 0.25) is 0 Å². The molecule has 5 nitrogen and oxygen atoms in total. The molecule has 1 aromatic carbocycles.